The zero-order chi connectivity index (χ0) is 53.6. The van der Waals surface area contributed by atoms with Gasteiger partial charge in [0.1, 0.15) is 13.2 Å². The third-order valence-electron chi connectivity index (χ3n) is 15.9. The van der Waals surface area contributed by atoms with Gasteiger partial charge in [-0.05, 0) is 19.3 Å². The van der Waals surface area contributed by atoms with Crippen LogP contribution in [0.5, 0.6) is 0 Å². The second kappa shape index (κ2) is 63.9. The van der Waals surface area contributed by atoms with E-state index in [1.165, 1.54) is 295 Å². The normalized spacial score (nSPS) is 11.9. The molecule has 1 atom stereocenters. The Morgan fingerprint density at radius 2 is 0.365 bits per heavy atom. The zero-order valence-corrected chi connectivity index (χ0v) is 50.7. The molecule has 0 fully saturated rings. The van der Waals surface area contributed by atoms with Crippen LogP contribution in [0, 0.1) is 0 Å². The van der Waals surface area contributed by atoms with Crippen molar-refractivity contribution in [1.29, 1.82) is 0 Å². The third kappa shape index (κ3) is 61.3. The Morgan fingerprint density at radius 3 is 0.541 bits per heavy atom. The second-order valence-electron chi connectivity index (χ2n) is 23.5. The van der Waals surface area contributed by atoms with Gasteiger partial charge in [0.25, 0.3) is 0 Å². The summed E-state index contributed by atoms with van der Waals surface area (Å²) in [5, 5.41) is 0. The van der Waals surface area contributed by atoms with E-state index in [0.717, 1.165) is 64.2 Å². The molecule has 0 saturated heterocycles. The first kappa shape index (κ1) is 72.4. The van der Waals surface area contributed by atoms with Gasteiger partial charge in [-0.25, -0.2) is 0 Å². The summed E-state index contributed by atoms with van der Waals surface area (Å²) in [4.78, 5) is 38.0. The summed E-state index contributed by atoms with van der Waals surface area (Å²) in [5.41, 5.74) is 0. The number of hydrogen-bond donors (Lipinski definition) is 0. The van der Waals surface area contributed by atoms with Crippen LogP contribution in [0.3, 0.4) is 0 Å². The summed E-state index contributed by atoms with van der Waals surface area (Å²) < 4.78 is 16.8. The van der Waals surface area contributed by atoms with E-state index in [2.05, 4.69) is 20.8 Å². The molecular formula is C68H132O6. The highest BCUT2D eigenvalue weighted by atomic mass is 16.6. The predicted octanol–water partition coefficient (Wildman–Crippen LogP) is 23.1. The van der Waals surface area contributed by atoms with Gasteiger partial charge in [-0.1, -0.05) is 361 Å². The van der Waals surface area contributed by atoms with Gasteiger partial charge in [0.05, 0.1) is 0 Å². The average molecular weight is 1050 g/mol. The Bertz CT molecular complexity index is 1110. The topological polar surface area (TPSA) is 78.9 Å². The molecule has 0 aliphatic heterocycles. The van der Waals surface area contributed by atoms with E-state index in [0.29, 0.717) is 19.3 Å². The van der Waals surface area contributed by atoms with Crippen molar-refractivity contribution in [3.8, 4) is 0 Å². The van der Waals surface area contributed by atoms with Crippen molar-refractivity contribution in [1.82, 2.24) is 0 Å². The molecule has 0 radical (unpaired) electrons. The van der Waals surface area contributed by atoms with E-state index in [1.54, 1.807) is 0 Å². The van der Waals surface area contributed by atoms with Crippen molar-refractivity contribution < 1.29 is 28.6 Å². The third-order valence-corrected chi connectivity index (χ3v) is 15.9. The standard InChI is InChI=1S/C68H132O6/c1-4-7-10-13-15-17-19-21-23-25-27-29-31-33-34-35-37-38-40-42-44-46-48-50-52-55-58-61-67(70)73-64-65(63-72-66(69)60-57-54-12-9-6-3)74-68(71)62-59-56-53-51-49-47-45-43-41-39-36-32-30-28-26-24-22-20-18-16-14-11-8-5-2/h65H,4-64H2,1-3H3. The molecular weight excluding hydrogens is 913 g/mol. The van der Waals surface area contributed by atoms with Gasteiger partial charge in [0.2, 0.25) is 0 Å². The lowest BCUT2D eigenvalue weighted by atomic mass is 10.0. The van der Waals surface area contributed by atoms with E-state index in [-0.39, 0.29) is 31.1 Å². The van der Waals surface area contributed by atoms with Crippen LogP contribution >= 0.6 is 0 Å². The first-order valence-electron chi connectivity index (χ1n) is 34.0. The van der Waals surface area contributed by atoms with Crippen molar-refractivity contribution in [3.63, 3.8) is 0 Å². The fraction of sp³-hybridized carbons (Fsp3) is 0.956. The Balaban J connectivity index is 3.91. The molecule has 440 valence electrons. The van der Waals surface area contributed by atoms with E-state index in [9.17, 15) is 14.4 Å². The molecule has 0 aromatic rings. The maximum absolute atomic E-state index is 12.8. The van der Waals surface area contributed by atoms with Crippen LogP contribution in [0.2, 0.25) is 0 Å². The molecule has 74 heavy (non-hydrogen) atoms. The maximum Gasteiger partial charge on any atom is 0.306 e. The molecule has 0 N–H and O–H groups in total. The Kier molecular flexibility index (Phi) is 62.6. The van der Waals surface area contributed by atoms with E-state index >= 15 is 0 Å². The average Bonchev–Trinajstić information content (AvgIpc) is 3.40. The quantitative estimate of drug-likeness (QED) is 0.0343. The molecule has 6 nitrogen and oxygen atoms in total. The number of hydrogen-bond acceptors (Lipinski definition) is 6. The van der Waals surface area contributed by atoms with Crippen LogP contribution in [0.15, 0.2) is 0 Å². The minimum absolute atomic E-state index is 0.0622. The van der Waals surface area contributed by atoms with Gasteiger partial charge < -0.3 is 14.2 Å². The van der Waals surface area contributed by atoms with Crippen molar-refractivity contribution in [2.75, 3.05) is 13.2 Å². The number of ether oxygens (including phenoxy) is 3. The number of esters is 3. The van der Waals surface area contributed by atoms with Crippen LogP contribution in [0.25, 0.3) is 0 Å². The minimum Gasteiger partial charge on any atom is -0.462 e. The zero-order valence-electron chi connectivity index (χ0n) is 50.7. The van der Waals surface area contributed by atoms with Crippen molar-refractivity contribution in [2.24, 2.45) is 0 Å². The lowest BCUT2D eigenvalue weighted by Gasteiger charge is -2.18. The highest BCUT2D eigenvalue weighted by Gasteiger charge is 2.19. The minimum atomic E-state index is -0.761. The van der Waals surface area contributed by atoms with Crippen LogP contribution in [0.4, 0.5) is 0 Å². The predicted molar refractivity (Wildman–Crippen MR) is 321 cm³/mol. The van der Waals surface area contributed by atoms with Crippen LogP contribution < -0.4 is 0 Å². The summed E-state index contributed by atoms with van der Waals surface area (Å²) in [6, 6.07) is 0. The molecule has 0 spiro atoms. The fourth-order valence-electron chi connectivity index (χ4n) is 10.7. The number of carbonyl (C=O) groups excluding carboxylic acids is 3. The summed E-state index contributed by atoms with van der Waals surface area (Å²) in [6.45, 7) is 6.65. The molecule has 0 saturated carbocycles. The molecule has 0 aliphatic carbocycles. The second-order valence-corrected chi connectivity index (χ2v) is 23.5. The van der Waals surface area contributed by atoms with Gasteiger partial charge in [-0.3, -0.25) is 14.4 Å². The smallest absolute Gasteiger partial charge is 0.306 e. The van der Waals surface area contributed by atoms with Crippen LogP contribution in [0.1, 0.15) is 400 Å². The Hall–Kier alpha value is -1.59. The molecule has 1 unspecified atom stereocenters. The Morgan fingerprint density at radius 1 is 0.216 bits per heavy atom. The first-order chi connectivity index (χ1) is 36.5. The number of rotatable bonds is 64. The fourth-order valence-corrected chi connectivity index (χ4v) is 10.7. The number of carbonyl (C=O) groups is 3. The van der Waals surface area contributed by atoms with Gasteiger partial charge >= 0.3 is 17.9 Å². The summed E-state index contributed by atoms with van der Waals surface area (Å²) in [7, 11) is 0. The highest BCUT2D eigenvalue weighted by Crippen LogP contribution is 2.19. The molecule has 0 bridgehead atoms. The molecule has 0 amide bonds. The van der Waals surface area contributed by atoms with Gasteiger partial charge in [0, 0.05) is 19.3 Å². The summed E-state index contributed by atoms with van der Waals surface area (Å²) >= 11 is 0. The first-order valence-corrected chi connectivity index (χ1v) is 34.0. The van der Waals surface area contributed by atoms with Crippen molar-refractivity contribution in [2.45, 2.75) is 406 Å². The summed E-state index contributed by atoms with van der Waals surface area (Å²) in [5.74, 6) is -0.844. The maximum atomic E-state index is 12.8. The van der Waals surface area contributed by atoms with Gasteiger partial charge in [-0.15, -0.1) is 0 Å². The molecule has 0 aromatic heterocycles. The molecule has 0 rings (SSSR count). The van der Waals surface area contributed by atoms with Crippen molar-refractivity contribution >= 4 is 17.9 Å². The van der Waals surface area contributed by atoms with Crippen LogP contribution in [-0.2, 0) is 28.6 Å². The monoisotopic (exact) mass is 1050 g/mol. The lowest BCUT2D eigenvalue weighted by molar-refractivity contribution is -0.167. The van der Waals surface area contributed by atoms with E-state index in [1.807, 2.05) is 0 Å². The molecule has 0 aromatic carbocycles. The molecule has 6 heteroatoms. The highest BCUT2D eigenvalue weighted by molar-refractivity contribution is 5.71. The number of unbranched alkanes of at least 4 members (excludes halogenated alkanes) is 53. The Labute approximate surface area is 463 Å². The van der Waals surface area contributed by atoms with Gasteiger partial charge in [-0.2, -0.15) is 0 Å². The molecule has 0 aliphatic rings. The van der Waals surface area contributed by atoms with Gasteiger partial charge in [0.15, 0.2) is 6.10 Å². The van der Waals surface area contributed by atoms with Crippen molar-refractivity contribution in [3.05, 3.63) is 0 Å². The van der Waals surface area contributed by atoms with E-state index in [4.69, 9.17) is 14.2 Å². The molecule has 0 heterocycles. The largest absolute Gasteiger partial charge is 0.462 e. The van der Waals surface area contributed by atoms with E-state index < -0.39 is 6.10 Å². The lowest BCUT2D eigenvalue weighted by Crippen LogP contribution is -2.30. The summed E-state index contributed by atoms with van der Waals surface area (Å²) in [6.07, 6.45) is 74.8. The van der Waals surface area contributed by atoms with Crippen LogP contribution in [-0.4, -0.2) is 37.2 Å². The SMILES string of the molecule is CCCCCCCCCCCCCCCCCCCCCCCCCCCCCC(=O)OCC(COC(=O)CCCCCCC)OC(=O)CCCCCCCCCCCCCCCCCCCCCCCCCC.